The van der Waals surface area contributed by atoms with Crippen LogP contribution in [0, 0.1) is 5.41 Å². The molecule has 2 aromatic heterocycles. The summed E-state index contributed by atoms with van der Waals surface area (Å²) in [5.41, 5.74) is 1.60. The second-order valence-electron chi connectivity index (χ2n) is 5.51. The van der Waals surface area contributed by atoms with Crippen molar-refractivity contribution in [2.75, 3.05) is 37.9 Å². The summed E-state index contributed by atoms with van der Waals surface area (Å²) in [5.74, 6) is 1.32. The molecule has 0 aliphatic heterocycles. The van der Waals surface area contributed by atoms with Gasteiger partial charge < -0.3 is 20.4 Å². The van der Waals surface area contributed by atoms with Gasteiger partial charge in [-0.05, 0) is 11.8 Å². The molecule has 0 atom stereocenters. The summed E-state index contributed by atoms with van der Waals surface area (Å²) >= 11 is 0. The third-order valence-corrected chi connectivity index (χ3v) is 3.23. The van der Waals surface area contributed by atoms with Gasteiger partial charge in [0.05, 0.1) is 6.33 Å². The van der Waals surface area contributed by atoms with E-state index in [1.807, 2.05) is 0 Å². The Labute approximate surface area is 118 Å². The number of aromatic nitrogens is 4. The van der Waals surface area contributed by atoms with E-state index in [2.05, 4.69) is 44.4 Å². The molecular formula is C13H22N6O. The van der Waals surface area contributed by atoms with Gasteiger partial charge in [-0.2, -0.15) is 9.97 Å². The molecule has 7 heteroatoms. The number of rotatable bonds is 7. The third kappa shape index (κ3) is 3.36. The standard InChI is InChI=1S/C13H22N6O/c1-13(2,5-6-20-4)7-15-10-9-11(17-8-16-9)19-12(14-3)18-10/h8H,5-7H2,1-4H3,(H3,14,15,16,17,18,19). The van der Waals surface area contributed by atoms with Crippen LogP contribution >= 0.6 is 0 Å². The Balaban J connectivity index is 2.14. The molecule has 2 aromatic rings. The summed E-state index contributed by atoms with van der Waals surface area (Å²) in [5, 5.41) is 6.32. The van der Waals surface area contributed by atoms with E-state index in [9.17, 15) is 0 Å². The van der Waals surface area contributed by atoms with Gasteiger partial charge in [0.15, 0.2) is 11.5 Å². The molecule has 3 N–H and O–H groups in total. The van der Waals surface area contributed by atoms with Gasteiger partial charge in [-0.3, -0.25) is 0 Å². The molecule has 0 saturated heterocycles. The molecule has 110 valence electrons. The van der Waals surface area contributed by atoms with Gasteiger partial charge in [-0.15, -0.1) is 0 Å². The molecule has 2 heterocycles. The van der Waals surface area contributed by atoms with E-state index < -0.39 is 0 Å². The topological polar surface area (TPSA) is 87.8 Å². The number of hydrogen-bond donors (Lipinski definition) is 3. The number of nitrogens with zero attached hydrogens (tertiary/aromatic N) is 3. The van der Waals surface area contributed by atoms with Crippen LogP contribution in [-0.4, -0.2) is 47.2 Å². The fourth-order valence-corrected chi connectivity index (χ4v) is 1.86. The van der Waals surface area contributed by atoms with Gasteiger partial charge in [-0.1, -0.05) is 13.8 Å². The Hall–Kier alpha value is -1.89. The lowest BCUT2D eigenvalue weighted by Crippen LogP contribution is -2.25. The fraction of sp³-hybridized carbons (Fsp3) is 0.615. The normalized spacial score (nSPS) is 11.8. The first-order valence-electron chi connectivity index (χ1n) is 6.67. The second kappa shape index (κ2) is 6.04. The molecular weight excluding hydrogens is 256 g/mol. The number of aromatic amines is 1. The lowest BCUT2D eigenvalue weighted by molar-refractivity contribution is 0.157. The molecule has 2 rings (SSSR count). The van der Waals surface area contributed by atoms with E-state index in [1.54, 1.807) is 20.5 Å². The smallest absolute Gasteiger partial charge is 0.226 e. The zero-order valence-corrected chi connectivity index (χ0v) is 12.4. The van der Waals surface area contributed by atoms with Crippen LogP contribution in [0.2, 0.25) is 0 Å². The predicted molar refractivity (Wildman–Crippen MR) is 80.0 cm³/mol. The summed E-state index contributed by atoms with van der Waals surface area (Å²) in [6.45, 7) is 5.94. The first-order valence-corrected chi connectivity index (χ1v) is 6.67. The molecule has 0 aliphatic rings. The number of anilines is 2. The quantitative estimate of drug-likeness (QED) is 0.716. The molecule has 0 spiro atoms. The van der Waals surface area contributed by atoms with Gasteiger partial charge in [0, 0.05) is 27.3 Å². The molecule has 0 fully saturated rings. The highest BCUT2D eigenvalue weighted by atomic mass is 16.5. The Morgan fingerprint density at radius 3 is 2.85 bits per heavy atom. The zero-order chi connectivity index (χ0) is 14.6. The summed E-state index contributed by atoms with van der Waals surface area (Å²) in [7, 11) is 3.52. The average molecular weight is 278 g/mol. The largest absolute Gasteiger partial charge is 0.385 e. The fourth-order valence-electron chi connectivity index (χ4n) is 1.86. The van der Waals surface area contributed by atoms with Crippen LogP contribution in [0.1, 0.15) is 20.3 Å². The maximum absolute atomic E-state index is 5.14. The van der Waals surface area contributed by atoms with Gasteiger partial charge >= 0.3 is 0 Å². The first-order chi connectivity index (χ1) is 9.55. The zero-order valence-electron chi connectivity index (χ0n) is 12.4. The molecule has 20 heavy (non-hydrogen) atoms. The van der Waals surface area contributed by atoms with E-state index in [0.29, 0.717) is 11.6 Å². The highest BCUT2D eigenvalue weighted by molar-refractivity contribution is 5.83. The van der Waals surface area contributed by atoms with E-state index in [-0.39, 0.29) is 5.41 Å². The van der Waals surface area contributed by atoms with Crippen molar-refractivity contribution in [2.24, 2.45) is 5.41 Å². The maximum Gasteiger partial charge on any atom is 0.226 e. The minimum Gasteiger partial charge on any atom is -0.385 e. The Kier molecular flexibility index (Phi) is 4.39. The predicted octanol–water partition coefficient (Wildman–Crippen LogP) is 1.87. The Morgan fingerprint density at radius 2 is 2.15 bits per heavy atom. The monoisotopic (exact) mass is 278 g/mol. The highest BCUT2D eigenvalue weighted by Crippen LogP contribution is 2.23. The first kappa shape index (κ1) is 14.5. The molecule has 0 saturated carbocycles. The van der Waals surface area contributed by atoms with E-state index in [4.69, 9.17) is 4.74 Å². The van der Waals surface area contributed by atoms with Crippen molar-refractivity contribution in [3.05, 3.63) is 6.33 Å². The van der Waals surface area contributed by atoms with Crippen molar-refractivity contribution in [1.29, 1.82) is 0 Å². The molecule has 7 nitrogen and oxygen atoms in total. The average Bonchev–Trinajstić information content (AvgIpc) is 2.90. The summed E-state index contributed by atoms with van der Waals surface area (Å²) < 4.78 is 5.14. The van der Waals surface area contributed by atoms with Crippen molar-refractivity contribution >= 4 is 22.9 Å². The van der Waals surface area contributed by atoms with Gasteiger partial charge in [-0.25, -0.2) is 4.98 Å². The number of imidazole rings is 1. The molecule has 0 unspecified atom stereocenters. The van der Waals surface area contributed by atoms with Gasteiger partial charge in [0.25, 0.3) is 0 Å². The van der Waals surface area contributed by atoms with Crippen LogP contribution in [0.5, 0.6) is 0 Å². The molecule has 0 amide bonds. The van der Waals surface area contributed by atoms with Crippen LogP contribution in [-0.2, 0) is 4.74 Å². The van der Waals surface area contributed by atoms with Crippen LogP contribution in [0.15, 0.2) is 6.33 Å². The van der Waals surface area contributed by atoms with Crippen molar-refractivity contribution in [1.82, 2.24) is 19.9 Å². The van der Waals surface area contributed by atoms with Crippen LogP contribution in [0.4, 0.5) is 11.8 Å². The van der Waals surface area contributed by atoms with Crippen molar-refractivity contribution in [3.8, 4) is 0 Å². The van der Waals surface area contributed by atoms with Crippen molar-refractivity contribution in [2.45, 2.75) is 20.3 Å². The number of ether oxygens (including phenoxy) is 1. The number of hydrogen-bond acceptors (Lipinski definition) is 6. The van der Waals surface area contributed by atoms with E-state index in [1.165, 1.54) is 0 Å². The van der Waals surface area contributed by atoms with E-state index in [0.717, 1.165) is 30.9 Å². The second-order valence-corrected chi connectivity index (χ2v) is 5.51. The summed E-state index contributed by atoms with van der Waals surface area (Å²) in [6, 6.07) is 0. The number of methoxy groups -OCH3 is 1. The van der Waals surface area contributed by atoms with Crippen molar-refractivity contribution in [3.63, 3.8) is 0 Å². The lowest BCUT2D eigenvalue weighted by atomic mass is 9.90. The van der Waals surface area contributed by atoms with Crippen LogP contribution in [0.3, 0.4) is 0 Å². The number of nitrogens with one attached hydrogen (secondary N) is 3. The lowest BCUT2D eigenvalue weighted by Gasteiger charge is -2.25. The maximum atomic E-state index is 5.14. The molecule has 0 aromatic carbocycles. The Morgan fingerprint density at radius 1 is 1.35 bits per heavy atom. The van der Waals surface area contributed by atoms with Gasteiger partial charge in [0.2, 0.25) is 5.95 Å². The summed E-state index contributed by atoms with van der Waals surface area (Å²) in [4.78, 5) is 16.0. The highest BCUT2D eigenvalue weighted by Gasteiger charge is 2.19. The molecule has 0 aliphatic carbocycles. The molecule has 0 radical (unpaired) electrons. The van der Waals surface area contributed by atoms with Crippen molar-refractivity contribution < 1.29 is 4.74 Å². The summed E-state index contributed by atoms with van der Waals surface area (Å²) in [6.07, 6.45) is 2.60. The minimum atomic E-state index is 0.118. The SMILES string of the molecule is CNc1nc(NCC(C)(C)CCOC)c2[nH]cnc2n1. The van der Waals surface area contributed by atoms with E-state index >= 15 is 0 Å². The number of fused-ring (bicyclic) bond motifs is 1. The van der Waals surface area contributed by atoms with Gasteiger partial charge in [0.1, 0.15) is 5.52 Å². The minimum absolute atomic E-state index is 0.118. The Bertz CT molecular complexity index is 565. The third-order valence-electron chi connectivity index (χ3n) is 3.23. The van der Waals surface area contributed by atoms with Crippen LogP contribution in [0.25, 0.3) is 11.2 Å². The molecule has 0 bridgehead atoms. The number of H-pyrrole nitrogens is 1. The van der Waals surface area contributed by atoms with Crippen LogP contribution < -0.4 is 10.6 Å².